The first-order valence-corrected chi connectivity index (χ1v) is 9.40. The van der Waals surface area contributed by atoms with Gasteiger partial charge >= 0.3 is 0 Å². The molecule has 22 heavy (non-hydrogen) atoms. The topological polar surface area (TPSA) is 24.7 Å². The van der Waals surface area contributed by atoms with Gasteiger partial charge in [0.25, 0.3) is 0 Å². The van der Waals surface area contributed by atoms with Gasteiger partial charge in [-0.2, -0.15) is 0 Å². The molecule has 1 saturated heterocycles. The molecule has 2 N–H and O–H groups in total. The first-order chi connectivity index (χ1) is 10.8. The Morgan fingerprint density at radius 1 is 0.909 bits per heavy atom. The Balaban J connectivity index is 1.73. The maximum absolute atomic E-state index is 11.6. The average molecular weight is 302 g/mol. The third kappa shape index (κ3) is 3.72. The molecule has 1 aromatic rings. The van der Waals surface area contributed by atoms with Crippen molar-refractivity contribution in [1.82, 2.24) is 0 Å². The van der Waals surface area contributed by atoms with Crippen LogP contribution in [0.3, 0.4) is 0 Å². The smallest absolute Gasteiger partial charge is 0.0978 e. The van der Waals surface area contributed by atoms with E-state index in [9.17, 15) is 5.11 Å². The van der Waals surface area contributed by atoms with Crippen LogP contribution < -0.4 is 4.90 Å². The summed E-state index contributed by atoms with van der Waals surface area (Å²) in [6.07, 6.45) is 11.4. The van der Waals surface area contributed by atoms with Crippen molar-refractivity contribution < 1.29 is 10.0 Å². The van der Waals surface area contributed by atoms with Crippen LogP contribution in [0.5, 0.6) is 0 Å². The molecule has 2 heteroatoms. The number of piperidine rings is 1. The third-order valence-corrected chi connectivity index (χ3v) is 5.97. The van der Waals surface area contributed by atoms with E-state index in [4.69, 9.17) is 0 Å². The molecule has 122 valence electrons. The Morgan fingerprint density at radius 3 is 2.23 bits per heavy atom. The molecule has 1 aliphatic heterocycles. The maximum Gasteiger partial charge on any atom is 0.0978 e. The van der Waals surface area contributed by atoms with Gasteiger partial charge in [-0.3, -0.25) is 0 Å². The fourth-order valence-corrected chi connectivity index (χ4v) is 4.56. The molecule has 2 aliphatic rings. The number of rotatable bonds is 5. The van der Waals surface area contributed by atoms with Crippen LogP contribution in [0.4, 0.5) is 0 Å². The monoisotopic (exact) mass is 302 g/mol. The number of nitrogens with one attached hydrogen (secondary N) is 1. The third-order valence-electron chi connectivity index (χ3n) is 5.97. The number of aliphatic hydroxyl groups is 1. The van der Waals surface area contributed by atoms with Crippen LogP contribution in [0.1, 0.15) is 63.4 Å². The SMILES string of the molecule is O[C@@](CC[NH+]1CCCCC1)(c1ccccc1)C1CCCCC1. The van der Waals surface area contributed by atoms with E-state index in [2.05, 4.69) is 30.3 Å². The fourth-order valence-electron chi connectivity index (χ4n) is 4.56. The summed E-state index contributed by atoms with van der Waals surface area (Å²) in [6, 6.07) is 10.5. The second kappa shape index (κ2) is 7.61. The number of hydrogen-bond donors (Lipinski definition) is 2. The van der Waals surface area contributed by atoms with Gasteiger partial charge in [-0.1, -0.05) is 49.6 Å². The molecule has 0 aromatic heterocycles. The van der Waals surface area contributed by atoms with Gasteiger partial charge < -0.3 is 10.0 Å². The lowest BCUT2D eigenvalue weighted by molar-refractivity contribution is -0.905. The number of benzene rings is 1. The maximum atomic E-state index is 11.6. The zero-order valence-corrected chi connectivity index (χ0v) is 13.9. The molecule has 2 fully saturated rings. The highest BCUT2D eigenvalue weighted by Gasteiger charge is 2.39. The minimum Gasteiger partial charge on any atom is -0.385 e. The van der Waals surface area contributed by atoms with Crippen molar-refractivity contribution in [3.63, 3.8) is 0 Å². The number of hydrogen-bond acceptors (Lipinski definition) is 1. The van der Waals surface area contributed by atoms with Crippen LogP contribution in [0, 0.1) is 5.92 Å². The zero-order valence-electron chi connectivity index (χ0n) is 13.9. The van der Waals surface area contributed by atoms with E-state index in [1.54, 1.807) is 4.90 Å². The molecule has 1 atom stereocenters. The summed E-state index contributed by atoms with van der Waals surface area (Å²) < 4.78 is 0. The normalized spacial score (nSPS) is 24.0. The van der Waals surface area contributed by atoms with Crippen LogP contribution in [0.25, 0.3) is 0 Å². The summed E-state index contributed by atoms with van der Waals surface area (Å²) in [6.45, 7) is 3.73. The van der Waals surface area contributed by atoms with E-state index in [0.717, 1.165) is 18.5 Å². The van der Waals surface area contributed by atoms with Gasteiger partial charge in [0.2, 0.25) is 0 Å². The highest BCUT2D eigenvalue weighted by molar-refractivity contribution is 5.23. The molecule has 0 radical (unpaired) electrons. The van der Waals surface area contributed by atoms with Crippen molar-refractivity contribution in [2.24, 2.45) is 5.92 Å². The summed E-state index contributed by atoms with van der Waals surface area (Å²) in [7, 11) is 0. The van der Waals surface area contributed by atoms with Crippen molar-refractivity contribution >= 4 is 0 Å². The molecule has 0 bridgehead atoms. The van der Waals surface area contributed by atoms with Gasteiger partial charge in [-0.25, -0.2) is 0 Å². The van der Waals surface area contributed by atoms with Crippen LogP contribution >= 0.6 is 0 Å². The molecule has 2 nitrogen and oxygen atoms in total. The zero-order chi connectivity index (χ0) is 15.3. The molecule has 1 heterocycles. The van der Waals surface area contributed by atoms with Gasteiger partial charge in [-0.15, -0.1) is 0 Å². The quantitative estimate of drug-likeness (QED) is 0.859. The average Bonchev–Trinajstić information content (AvgIpc) is 2.62. The van der Waals surface area contributed by atoms with Crippen molar-refractivity contribution in [2.45, 2.75) is 63.4 Å². The molecule has 3 rings (SSSR count). The molecule has 0 spiro atoms. The lowest BCUT2D eigenvalue weighted by Crippen LogP contribution is -3.13. The van der Waals surface area contributed by atoms with Crippen LogP contribution in [-0.4, -0.2) is 24.7 Å². The minimum atomic E-state index is -0.605. The van der Waals surface area contributed by atoms with Crippen molar-refractivity contribution in [3.8, 4) is 0 Å². The lowest BCUT2D eigenvalue weighted by Gasteiger charge is -2.40. The summed E-state index contributed by atoms with van der Waals surface area (Å²) in [4.78, 5) is 1.71. The molecule has 1 aliphatic carbocycles. The molecular formula is C20H32NO+. The van der Waals surface area contributed by atoms with Gasteiger partial charge in [0.1, 0.15) is 0 Å². The Kier molecular flexibility index (Phi) is 5.54. The predicted octanol–water partition coefficient (Wildman–Crippen LogP) is 2.91. The number of quaternary nitrogens is 1. The summed E-state index contributed by atoms with van der Waals surface area (Å²) in [5.74, 6) is 0.452. The number of likely N-dealkylation sites (tertiary alicyclic amines) is 1. The highest BCUT2D eigenvalue weighted by Crippen LogP contribution is 2.41. The molecule has 1 saturated carbocycles. The second-order valence-corrected chi connectivity index (χ2v) is 7.44. The van der Waals surface area contributed by atoms with Gasteiger partial charge in [0, 0.05) is 6.42 Å². The van der Waals surface area contributed by atoms with E-state index in [-0.39, 0.29) is 0 Å². The minimum absolute atomic E-state index is 0.452. The first-order valence-electron chi connectivity index (χ1n) is 9.40. The Bertz CT molecular complexity index is 434. The van der Waals surface area contributed by atoms with Crippen molar-refractivity contribution in [2.75, 3.05) is 19.6 Å². The second-order valence-electron chi connectivity index (χ2n) is 7.44. The van der Waals surface area contributed by atoms with Crippen molar-refractivity contribution in [1.29, 1.82) is 0 Å². The summed E-state index contributed by atoms with van der Waals surface area (Å²) in [5.41, 5.74) is 0.546. The van der Waals surface area contributed by atoms with Gasteiger partial charge in [-0.05, 0) is 43.6 Å². The van der Waals surface area contributed by atoms with Crippen LogP contribution in [0.2, 0.25) is 0 Å². The Hall–Kier alpha value is -0.860. The standard InChI is InChI=1S/C20H31NO/c22-20(18-10-4-1-5-11-18,19-12-6-2-7-13-19)14-17-21-15-8-3-9-16-21/h1,4-5,10-11,19,22H,2-3,6-9,12-17H2/p+1/t20-/m0/s1. The largest absolute Gasteiger partial charge is 0.385 e. The Labute approximate surface area is 135 Å². The molecule has 0 unspecified atom stereocenters. The summed E-state index contributed by atoms with van der Waals surface area (Å²) >= 11 is 0. The lowest BCUT2D eigenvalue weighted by atomic mass is 9.71. The molecular weight excluding hydrogens is 270 g/mol. The van der Waals surface area contributed by atoms with E-state index >= 15 is 0 Å². The van der Waals surface area contributed by atoms with Crippen LogP contribution in [-0.2, 0) is 5.60 Å². The van der Waals surface area contributed by atoms with E-state index < -0.39 is 5.60 Å². The van der Waals surface area contributed by atoms with E-state index in [0.29, 0.717) is 5.92 Å². The van der Waals surface area contributed by atoms with Gasteiger partial charge in [0.15, 0.2) is 0 Å². The summed E-state index contributed by atoms with van der Waals surface area (Å²) in [5, 5.41) is 11.6. The van der Waals surface area contributed by atoms with Crippen molar-refractivity contribution in [3.05, 3.63) is 35.9 Å². The molecule has 1 aromatic carbocycles. The Morgan fingerprint density at radius 2 is 1.55 bits per heavy atom. The van der Waals surface area contributed by atoms with Crippen LogP contribution in [0.15, 0.2) is 30.3 Å². The van der Waals surface area contributed by atoms with E-state index in [1.165, 1.54) is 64.5 Å². The predicted molar refractivity (Wildman–Crippen MR) is 90.9 cm³/mol. The van der Waals surface area contributed by atoms with E-state index in [1.807, 2.05) is 0 Å². The fraction of sp³-hybridized carbons (Fsp3) is 0.700. The molecule has 0 amide bonds. The van der Waals surface area contributed by atoms with Gasteiger partial charge in [0.05, 0.1) is 25.2 Å². The highest BCUT2D eigenvalue weighted by atomic mass is 16.3. The first kappa shape index (κ1) is 16.0.